The summed E-state index contributed by atoms with van der Waals surface area (Å²) >= 11 is 1.56. The molecule has 0 saturated heterocycles. The first-order valence-corrected chi connectivity index (χ1v) is 11.3. The number of imidazole rings is 1. The van der Waals surface area contributed by atoms with E-state index in [9.17, 15) is 13.2 Å². The molecule has 0 aliphatic carbocycles. The van der Waals surface area contributed by atoms with E-state index in [2.05, 4.69) is 14.7 Å². The van der Waals surface area contributed by atoms with E-state index in [0.717, 1.165) is 16.2 Å². The van der Waals surface area contributed by atoms with Gasteiger partial charge in [-0.1, -0.05) is 12.1 Å². The van der Waals surface area contributed by atoms with Crippen molar-refractivity contribution in [1.82, 2.24) is 14.3 Å². The molecular formula is C19H15N5O3S2. The van der Waals surface area contributed by atoms with Crippen LogP contribution in [0.2, 0.25) is 0 Å². The number of allylic oxidation sites excluding steroid dienone is 2. The standard InChI is InChI=1S/C19H15N5O3S2/c25-18(15-2-1-7-23-9-11-29(26,27)22-17(15)23)20-14-5-3-13(4-6-14)16-12-24-8-10-28-19(24)21-16/h1-8,10,12H,9,11H2,(H,20,25). The fourth-order valence-corrected chi connectivity index (χ4v) is 4.87. The highest BCUT2D eigenvalue weighted by atomic mass is 32.2. The smallest absolute Gasteiger partial charge is 0.259 e. The molecule has 2 aliphatic heterocycles. The molecule has 2 aliphatic rings. The highest BCUT2D eigenvalue weighted by Crippen LogP contribution is 2.24. The van der Waals surface area contributed by atoms with Gasteiger partial charge in [-0.15, -0.1) is 15.7 Å². The van der Waals surface area contributed by atoms with E-state index >= 15 is 0 Å². The van der Waals surface area contributed by atoms with Crippen molar-refractivity contribution < 1.29 is 13.2 Å². The monoisotopic (exact) mass is 425 g/mol. The van der Waals surface area contributed by atoms with Crippen LogP contribution in [0.3, 0.4) is 0 Å². The molecule has 0 fully saturated rings. The summed E-state index contributed by atoms with van der Waals surface area (Å²) in [5, 5.41) is 4.78. The minimum Gasteiger partial charge on any atom is -0.331 e. The van der Waals surface area contributed by atoms with Gasteiger partial charge < -0.3 is 10.2 Å². The quantitative estimate of drug-likeness (QED) is 0.696. The fourth-order valence-electron chi connectivity index (χ4n) is 3.18. The Labute approximate surface area is 170 Å². The Hall–Kier alpha value is -3.24. The summed E-state index contributed by atoms with van der Waals surface area (Å²) in [6.07, 6.45) is 8.90. The number of aromatic nitrogens is 2. The number of carbonyl (C=O) groups excluding carboxylic acids is 1. The van der Waals surface area contributed by atoms with E-state index in [1.807, 2.05) is 34.3 Å². The van der Waals surface area contributed by atoms with Crippen LogP contribution in [-0.4, -0.2) is 46.7 Å². The molecule has 1 aromatic carbocycles. The molecule has 146 valence electrons. The largest absolute Gasteiger partial charge is 0.331 e. The lowest BCUT2D eigenvalue weighted by Crippen LogP contribution is -2.40. The molecule has 0 saturated carbocycles. The van der Waals surface area contributed by atoms with E-state index < -0.39 is 15.9 Å². The van der Waals surface area contributed by atoms with Crippen molar-refractivity contribution in [2.75, 3.05) is 17.6 Å². The van der Waals surface area contributed by atoms with Crippen molar-refractivity contribution in [2.24, 2.45) is 4.40 Å². The average Bonchev–Trinajstić information content (AvgIpc) is 3.29. The number of fused-ring (bicyclic) bond motifs is 2. The third-order valence-corrected chi connectivity index (χ3v) is 6.55. The van der Waals surface area contributed by atoms with E-state index in [1.54, 1.807) is 46.7 Å². The van der Waals surface area contributed by atoms with Crippen molar-refractivity contribution in [3.8, 4) is 11.3 Å². The Bertz CT molecular complexity index is 1280. The number of nitrogens with one attached hydrogen (secondary N) is 1. The van der Waals surface area contributed by atoms with Crippen LogP contribution in [0.1, 0.15) is 0 Å². The maximum atomic E-state index is 12.7. The number of hydrogen-bond acceptors (Lipinski definition) is 6. The Balaban J connectivity index is 1.36. The van der Waals surface area contributed by atoms with Crippen molar-refractivity contribution in [2.45, 2.75) is 0 Å². The molecule has 5 rings (SSSR count). The van der Waals surface area contributed by atoms with Gasteiger partial charge in [-0.25, -0.2) is 13.4 Å². The predicted molar refractivity (Wildman–Crippen MR) is 112 cm³/mol. The molecule has 3 aromatic rings. The number of nitrogens with zero attached hydrogens (tertiary/aromatic N) is 4. The topological polar surface area (TPSA) is 96.1 Å². The van der Waals surface area contributed by atoms with E-state index in [0.29, 0.717) is 5.69 Å². The zero-order valence-corrected chi connectivity index (χ0v) is 16.7. The highest BCUT2D eigenvalue weighted by molar-refractivity contribution is 7.90. The molecule has 2 aromatic heterocycles. The zero-order chi connectivity index (χ0) is 20.0. The van der Waals surface area contributed by atoms with E-state index in [1.165, 1.54) is 0 Å². The number of sulfonamides is 1. The van der Waals surface area contributed by atoms with Gasteiger partial charge in [-0.05, 0) is 24.3 Å². The van der Waals surface area contributed by atoms with Gasteiger partial charge in [0.05, 0.1) is 17.0 Å². The van der Waals surface area contributed by atoms with Gasteiger partial charge in [0.1, 0.15) is 0 Å². The first-order chi connectivity index (χ1) is 14.0. The van der Waals surface area contributed by atoms with Gasteiger partial charge in [-0.3, -0.25) is 9.20 Å². The minimum absolute atomic E-state index is 0.0665. The number of rotatable bonds is 3. The molecule has 0 unspecified atom stereocenters. The lowest BCUT2D eigenvalue weighted by Gasteiger charge is -2.28. The Morgan fingerprint density at radius 3 is 2.83 bits per heavy atom. The molecule has 0 bridgehead atoms. The van der Waals surface area contributed by atoms with E-state index in [4.69, 9.17) is 0 Å². The molecule has 0 radical (unpaired) electrons. The molecule has 8 nitrogen and oxygen atoms in total. The zero-order valence-electron chi connectivity index (χ0n) is 15.0. The van der Waals surface area contributed by atoms with Crippen LogP contribution in [-0.2, 0) is 14.8 Å². The number of amides is 1. The third-order valence-electron chi connectivity index (χ3n) is 4.63. The van der Waals surface area contributed by atoms with Crippen molar-refractivity contribution in [3.05, 3.63) is 66.0 Å². The molecule has 4 heterocycles. The van der Waals surface area contributed by atoms with Gasteiger partial charge in [-0.2, -0.15) is 0 Å². The first-order valence-electron chi connectivity index (χ1n) is 8.81. The summed E-state index contributed by atoms with van der Waals surface area (Å²) in [4.78, 5) is 19.9. The second-order valence-electron chi connectivity index (χ2n) is 6.57. The third kappa shape index (κ3) is 3.36. The number of amidine groups is 1. The fraction of sp³-hybridized carbons (Fsp3) is 0.105. The molecule has 0 spiro atoms. The second-order valence-corrected chi connectivity index (χ2v) is 9.19. The van der Waals surface area contributed by atoms with Gasteiger partial charge in [0.2, 0.25) is 0 Å². The highest BCUT2D eigenvalue weighted by Gasteiger charge is 2.29. The summed E-state index contributed by atoms with van der Waals surface area (Å²) < 4.78 is 29.4. The SMILES string of the molecule is O=C(Nc1ccc(-c2cn3ccsc3n2)cc1)C1=CC=CN2CCS(=O)(=O)N=C12. The number of carbonyl (C=O) groups is 1. The van der Waals surface area contributed by atoms with Crippen molar-refractivity contribution in [1.29, 1.82) is 0 Å². The van der Waals surface area contributed by atoms with Crippen LogP contribution in [0.15, 0.2) is 70.4 Å². The van der Waals surface area contributed by atoms with Crippen LogP contribution in [0.25, 0.3) is 16.2 Å². The minimum atomic E-state index is -3.55. The number of hydrogen-bond donors (Lipinski definition) is 1. The van der Waals surface area contributed by atoms with E-state index in [-0.39, 0.29) is 23.7 Å². The Morgan fingerprint density at radius 1 is 1.21 bits per heavy atom. The molecule has 1 N–H and O–H groups in total. The van der Waals surface area contributed by atoms with Crippen LogP contribution < -0.4 is 5.32 Å². The van der Waals surface area contributed by atoms with Gasteiger partial charge in [0.25, 0.3) is 15.9 Å². The summed E-state index contributed by atoms with van der Waals surface area (Å²) in [6, 6.07) is 7.34. The second kappa shape index (κ2) is 6.68. The molecule has 29 heavy (non-hydrogen) atoms. The number of benzene rings is 1. The first kappa shape index (κ1) is 17.8. The Kier molecular flexibility index (Phi) is 4.10. The summed E-state index contributed by atoms with van der Waals surface area (Å²) in [5.74, 6) is -0.320. The lowest BCUT2D eigenvalue weighted by molar-refractivity contribution is -0.112. The van der Waals surface area contributed by atoms with Crippen LogP contribution >= 0.6 is 11.3 Å². The maximum Gasteiger partial charge on any atom is 0.259 e. The summed E-state index contributed by atoms with van der Waals surface area (Å²) in [6.45, 7) is 0.277. The molecule has 0 atom stereocenters. The predicted octanol–water partition coefficient (Wildman–Crippen LogP) is 2.50. The average molecular weight is 425 g/mol. The molecular weight excluding hydrogens is 410 g/mol. The van der Waals surface area contributed by atoms with Gasteiger partial charge >= 0.3 is 0 Å². The van der Waals surface area contributed by atoms with Crippen molar-refractivity contribution >= 4 is 43.8 Å². The van der Waals surface area contributed by atoms with Gasteiger partial charge in [0.15, 0.2) is 10.8 Å². The molecule has 10 heteroatoms. The number of anilines is 1. The number of thiazole rings is 1. The van der Waals surface area contributed by atoms with Crippen LogP contribution in [0.5, 0.6) is 0 Å². The summed E-state index contributed by atoms with van der Waals surface area (Å²) in [7, 11) is -3.55. The van der Waals surface area contributed by atoms with Crippen LogP contribution in [0, 0.1) is 0 Å². The Morgan fingerprint density at radius 2 is 2.03 bits per heavy atom. The maximum absolute atomic E-state index is 12.7. The van der Waals surface area contributed by atoms with Gasteiger partial charge in [0, 0.05) is 41.8 Å². The summed E-state index contributed by atoms with van der Waals surface area (Å²) in [5.41, 5.74) is 2.61. The lowest BCUT2D eigenvalue weighted by atomic mass is 10.1. The molecule has 1 amide bonds. The van der Waals surface area contributed by atoms with Crippen molar-refractivity contribution in [3.63, 3.8) is 0 Å². The normalized spacial score (nSPS) is 17.6. The van der Waals surface area contributed by atoms with Crippen LogP contribution in [0.4, 0.5) is 5.69 Å².